The standard InChI is InChI=1S/C25H28N2O6/c1-31-21-10-4-5-11-22(21)32-14-13-27(25(29)30)15-17(28)16-33-23-12-6-9-20-24(23)18-7-2-3-8-19(18)26-20/h2-5,7-8,10-12,17,26,28H,6,9,13-16H2,1H3,(H,29,30). The smallest absolute Gasteiger partial charge is 0.407 e. The number of aromatic nitrogens is 1. The fourth-order valence-electron chi connectivity index (χ4n) is 4.01. The zero-order valence-corrected chi connectivity index (χ0v) is 18.5. The van der Waals surface area contributed by atoms with Crippen LogP contribution in [0.3, 0.4) is 0 Å². The molecule has 174 valence electrons. The highest BCUT2D eigenvalue weighted by molar-refractivity contribution is 5.93. The molecule has 0 bridgehead atoms. The summed E-state index contributed by atoms with van der Waals surface area (Å²) in [6.07, 6.45) is 1.65. The van der Waals surface area contributed by atoms with Gasteiger partial charge in [0.2, 0.25) is 0 Å². The SMILES string of the molecule is COc1ccccc1OCCN(CC(O)COC1=CCCc2[nH]c3ccccc3c21)C(=O)O. The van der Waals surface area contributed by atoms with Crippen LogP contribution in [0.1, 0.15) is 17.7 Å². The van der Waals surface area contributed by atoms with E-state index < -0.39 is 12.2 Å². The Kier molecular flexibility index (Phi) is 7.04. The Morgan fingerprint density at radius 3 is 2.67 bits per heavy atom. The third-order valence-corrected chi connectivity index (χ3v) is 5.57. The van der Waals surface area contributed by atoms with Crippen molar-refractivity contribution in [3.8, 4) is 11.5 Å². The molecular formula is C25H28N2O6. The van der Waals surface area contributed by atoms with Crippen LogP contribution in [0.25, 0.3) is 16.7 Å². The molecule has 1 heterocycles. The number of aliphatic hydroxyl groups excluding tert-OH is 1. The Labute approximate surface area is 192 Å². The van der Waals surface area contributed by atoms with E-state index in [1.807, 2.05) is 42.5 Å². The maximum atomic E-state index is 11.7. The van der Waals surface area contributed by atoms with Crippen LogP contribution < -0.4 is 9.47 Å². The lowest BCUT2D eigenvalue weighted by molar-refractivity contribution is 0.0529. The molecule has 1 aliphatic rings. The molecule has 8 nitrogen and oxygen atoms in total. The monoisotopic (exact) mass is 452 g/mol. The number of nitrogens with zero attached hydrogens (tertiary/aromatic N) is 1. The molecule has 3 N–H and O–H groups in total. The zero-order chi connectivity index (χ0) is 23.2. The van der Waals surface area contributed by atoms with Crippen molar-refractivity contribution in [1.29, 1.82) is 0 Å². The summed E-state index contributed by atoms with van der Waals surface area (Å²) in [5, 5.41) is 21.1. The predicted octanol–water partition coefficient (Wildman–Crippen LogP) is 3.90. The van der Waals surface area contributed by atoms with E-state index in [9.17, 15) is 15.0 Å². The summed E-state index contributed by atoms with van der Waals surface area (Å²) in [6, 6.07) is 15.2. The van der Waals surface area contributed by atoms with Crippen molar-refractivity contribution in [3.05, 3.63) is 65.9 Å². The molecule has 1 aromatic heterocycles. The molecular weight excluding hydrogens is 424 g/mol. The number of para-hydroxylation sites is 3. The molecule has 33 heavy (non-hydrogen) atoms. The molecule has 0 radical (unpaired) electrons. The highest BCUT2D eigenvalue weighted by Gasteiger charge is 2.22. The number of benzene rings is 2. The molecule has 3 aromatic rings. The number of allylic oxidation sites excluding steroid dienone is 1. The largest absolute Gasteiger partial charge is 0.493 e. The maximum Gasteiger partial charge on any atom is 0.407 e. The third-order valence-electron chi connectivity index (χ3n) is 5.57. The molecule has 1 aliphatic carbocycles. The molecule has 2 aromatic carbocycles. The molecule has 0 fully saturated rings. The molecule has 0 saturated carbocycles. The van der Waals surface area contributed by atoms with Gasteiger partial charge in [0, 0.05) is 22.2 Å². The minimum atomic E-state index is -1.13. The van der Waals surface area contributed by atoms with Crippen LogP contribution in [-0.4, -0.2) is 65.7 Å². The Bertz CT molecular complexity index is 1140. The van der Waals surface area contributed by atoms with Crippen LogP contribution in [0.4, 0.5) is 4.79 Å². The molecule has 0 spiro atoms. The van der Waals surface area contributed by atoms with Crippen molar-refractivity contribution >= 4 is 22.8 Å². The van der Waals surface area contributed by atoms with Crippen molar-refractivity contribution in [3.63, 3.8) is 0 Å². The van der Waals surface area contributed by atoms with E-state index in [1.165, 1.54) is 0 Å². The first-order valence-corrected chi connectivity index (χ1v) is 10.9. The first-order valence-electron chi connectivity index (χ1n) is 10.9. The summed E-state index contributed by atoms with van der Waals surface area (Å²) < 4.78 is 16.8. The third kappa shape index (κ3) is 5.23. The van der Waals surface area contributed by atoms with Crippen LogP contribution in [0.15, 0.2) is 54.6 Å². The molecule has 1 amide bonds. The lowest BCUT2D eigenvalue weighted by Crippen LogP contribution is -2.40. The van der Waals surface area contributed by atoms with Gasteiger partial charge in [-0.05, 0) is 37.1 Å². The number of rotatable bonds is 10. The highest BCUT2D eigenvalue weighted by atomic mass is 16.5. The van der Waals surface area contributed by atoms with Crippen molar-refractivity contribution < 1.29 is 29.2 Å². The molecule has 4 rings (SSSR count). The van der Waals surface area contributed by atoms with E-state index >= 15 is 0 Å². The number of hydrogen-bond donors (Lipinski definition) is 3. The van der Waals surface area contributed by atoms with Gasteiger partial charge in [-0.3, -0.25) is 0 Å². The second kappa shape index (κ2) is 10.3. The van der Waals surface area contributed by atoms with Crippen LogP contribution in [0, 0.1) is 0 Å². The van der Waals surface area contributed by atoms with Crippen molar-refractivity contribution in [2.45, 2.75) is 18.9 Å². The lowest BCUT2D eigenvalue weighted by Gasteiger charge is -2.24. The Hall–Kier alpha value is -3.65. The normalized spacial score (nSPS) is 13.7. The van der Waals surface area contributed by atoms with Gasteiger partial charge >= 0.3 is 6.09 Å². The second-order valence-corrected chi connectivity index (χ2v) is 7.82. The summed E-state index contributed by atoms with van der Waals surface area (Å²) in [6.45, 7) is 0.129. The van der Waals surface area contributed by atoms with E-state index in [-0.39, 0.29) is 26.3 Å². The summed E-state index contributed by atoms with van der Waals surface area (Å²) >= 11 is 0. The molecule has 1 unspecified atom stereocenters. The number of aromatic amines is 1. The van der Waals surface area contributed by atoms with Crippen LogP contribution >= 0.6 is 0 Å². The van der Waals surface area contributed by atoms with Crippen LogP contribution in [-0.2, 0) is 11.2 Å². The zero-order valence-electron chi connectivity index (χ0n) is 18.5. The van der Waals surface area contributed by atoms with Gasteiger partial charge in [0.05, 0.1) is 20.2 Å². The van der Waals surface area contributed by atoms with E-state index in [0.717, 1.165) is 39.9 Å². The number of fused-ring (bicyclic) bond motifs is 3. The van der Waals surface area contributed by atoms with Crippen molar-refractivity contribution in [1.82, 2.24) is 9.88 Å². The molecule has 0 saturated heterocycles. The van der Waals surface area contributed by atoms with Gasteiger partial charge in [-0.15, -0.1) is 0 Å². The number of amides is 1. The summed E-state index contributed by atoms with van der Waals surface area (Å²) in [4.78, 5) is 16.2. The summed E-state index contributed by atoms with van der Waals surface area (Å²) in [7, 11) is 1.54. The number of carboxylic acid groups (broad SMARTS) is 1. The van der Waals surface area contributed by atoms with Gasteiger partial charge in [0.1, 0.15) is 25.1 Å². The number of carbonyl (C=O) groups is 1. The Balaban J connectivity index is 1.32. The van der Waals surface area contributed by atoms with Gasteiger partial charge in [0.25, 0.3) is 0 Å². The lowest BCUT2D eigenvalue weighted by atomic mass is 10.0. The average molecular weight is 453 g/mol. The van der Waals surface area contributed by atoms with E-state index in [4.69, 9.17) is 14.2 Å². The Morgan fingerprint density at radius 1 is 1.12 bits per heavy atom. The van der Waals surface area contributed by atoms with Gasteiger partial charge in [-0.1, -0.05) is 30.3 Å². The fourth-order valence-corrected chi connectivity index (χ4v) is 4.01. The first-order chi connectivity index (χ1) is 16.1. The van der Waals surface area contributed by atoms with E-state index in [2.05, 4.69) is 4.98 Å². The van der Waals surface area contributed by atoms with Crippen LogP contribution in [0.2, 0.25) is 0 Å². The minimum absolute atomic E-state index is 0.0120. The van der Waals surface area contributed by atoms with Gasteiger partial charge in [0.15, 0.2) is 11.5 Å². The predicted molar refractivity (Wildman–Crippen MR) is 125 cm³/mol. The number of hydrogen-bond acceptors (Lipinski definition) is 5. The summed E-state index contributed by atoms with van der Waals surface area (Å²) in [5.74, 6) is 1.83. The quantitative estimate of drug-likeness (QED) is 0.431. The minimum Gasteiger partial charge on any atom is -0.493 e. The second-order valence-electron chi connectivity index (χ2n) is 7.82. The van der Waals surface area contributed by atoms with Gasteiger partial charge in [-0.25, -0.2) is 4.79 Å². The molecule has 0 aliphatic heterocycles. The fraction of sp³-hybridized carbons (Fsp3) is 0.320. The van der Waals surface area contributed by atoms with E-state index in [1.54, 1.807) is 19.2 Å². The number of H-pyrrole nitrogens is 1. The first kappa shape index (κ1) is 22.5. The average Bonchev–Trinajstić information content (AvgIpc) is 3.21. The van der Waals surface area contributed by atoms with E-state index in [0.29, 0.717) is 17.3 Å². The van der Waals surface area contributed by atoms with Crippen molar-refractivity contribution in [2.24, 2.45) is 0 Å². The number of nitrogens with one attached hydrogen (secondary N) is 1. The number of methoxy groups -OCH3 is 1. The maximum absolute atomic E-state index is 11.7. The molecule has 8 heteroatoms. The van der Waals surface area contributed by atoms with Gasteiger partial charge in [-0.2, -0.15) is 0 Å². The highest BCUT2D eigenvalue weighted by Crippen LogP contribution is 2.34. The van der Waals surface area contributed by atoms with Crippen LogP contribution in [0.5, 0.6) is 11.5 Å². The number of aryl methyl sites for hydroxylation is 1. The Morgan fingerprint density at radius 2 is 1.88 bits per heavy atom. The number of aliphatic hydroxyl groups is 1. The molecule has 1 atom stereocenters. The summed E-state index contributed by atoms with van der Waals surface area (Å²) in [5.41, 5.74) is 3.18. The van der Waals surface area contributed by atoms with Gasteiger partial charge < -0.3 is 34.3 Å². The number of ether oxygens (including phenoxy) is 3. The topological polar surface area (TPSA) is 104 Å². The van der Waals surface area contributed by atoms with Crippen molar-refractivity contribution in [2.75, 3.05) is 33.4 Å².